The lowest BCUT2D eigenvalue weighted by molar-refractivity contribution is -0.384. The Morgan fingerprint density at radius 3 is 2.74 bits per heavy atom. The molecule has 0 aliphatic carbocycles. The van der Waals surface area contributed by atoms with Crippen molar-refractivity contribution in [2.45, 2.75) is 6.42 Å². The quantitative estimate of drug-likeness (QED) is 0.431. The molecule has 0 N–H and O–H groups in total. The van der Waals surface area contributed by atoms with Gasteiger partial charge in [-0.1, -0.05) is 27.5 Å². The van der Waals surface area contributed by atoms with Gasteiger partial charge in [0.2, 0.25) is 5.91 Å². The van der Waals surface area contributed by atoms with Crippen LogP contribution in [-0.2, 0) is 4.79 Å². The summed E-state index contributed by atoms with van der Waals surface area (Å²) in [5, 5.41) is 12.1. The molecule has 1 fully saturated rings. The fourth-order valence-electron chi connectivity index (χ4n) is 2.06. The molecule has 1 aromatic rings. The van der Waals surface area contributed by atoms with E-state index in [2.05, 4.69) is 31.9 Å². The minimum atomic E-state index is -0.527. The molecule has 1 atom stereocenters. The Morgan fingerprint density at radius 1 is 1.53 bits per heavy atom. The predicted molar refractivity (Wildman–Crippen MR) is 80.1 cm³/mol. The minimum absolute atomic E-state index is 0.115. The van der Waals surface area contributed by atoms with E-state index >= 15 is 0 Å². The Kier molecular flexibility index (Phi) is 4.47. The zero-order valence-electron chi connectivity index (χ0n) is 9.61. The van der Waals surface area contributed by atoms with Gasteiger partial charge in [0.05, 0.1) is 4.92 Å². The molecule has 0 bridgehead atoms. The molecule has 1 saturated heterocycles. The standard InChI is InChI=1S/C11H9Br2ClN2O3/c12-4-6-1-10(17)15(5-6)11-8(13)2-7(14)3-9(11)16(18)19/h2-3,6H,1,4-5H2. The average molecular weight is 412 g/mol. The topological polar surface area (TPSA) is 63.5 Å². The maximum absolute atomic E-state index is 12.0. The Balaban J connectivity index is 2.50. The minimum Gasteiger partial charge on any atom is -0.305 e. The van der Waals surface area contributed by atoms with Crippen molar-refractivity contribution in [3.8, 4) is 0 Å². The molecule has 5 nitrogen and oxygen atoms in total. The van der Waals surface area contributed by atoms with Crippen LogP contribution in [0, 0.1) is 16.0 Å². The maximum Gasteiger partial charge on any atom is 0.295 e. The Labute approximate surface area is 131 Å². The van der Waals surface area contributed by atoms with Gasteiger partial charge in [0.15, 0.2) is 0 Å². The third-order valence-corrected chi connectivity index (χ3v) is 4.64. The van der Waals surface area contributed by atoms with Crippen LogP contribution >= 0.6 is 43.5 Å². The van der Waals surface area contributed by atoms with E-state index in [1.54, 1.807) is 6.07 Å². The summed E-state index contributed by atoms with van der Waals surface area (Å²) in [6, 6.07) is 2.81. The Morgan fingerprint density at radius 2 is 2.21 bits per heavy atom. The summed E-state index contributed by atoms with van der Waals surface area (Å²) in [6.45, 7) is 0.463. The first-order valence-electron chi connectivity index (χ1n) is 5.43. The van der Waals surface area contributed by atoms with Crippen molar-refractivity contribution in [3.05, 3.63) is 31.7 Å². The van der Waals surface area contributed by atoms with Crippen molar-refractivity contribution in [3.63, 3.8) is 0 Å². The third-order valence-electron chi connectivity index (χ3n) is 2.90. The van der Waals surface area contributed by atoms with Crippen molar-refractivity contribution < 1.29 is 9.72 Å². The molecule has 0 aromatic heterocycles. The van der Waals surface area contributed by atoms with Crippen LogP contribution in [-0.4, -0.2) is 22.7 Å². The van der Waals surface area contributed by atoms with Gasteiger partial charge in [0.25, 0.3) is 5.69 Å². The van der Waals surface area contributed by atoms with E-state index in [-0.39, 0.29) is 28.2 Å². The molecule has 0 radical (unpaired) electrons. The van der Waals surface area contributed by atoms with E-state index in [0.717, 1.165) is 0 Å². The smallest absolute Gasteiger partial charge is 0.295 e. The molecule has 1 aliphatic rings. The van der Waals surface area contributed by atoms with Gasteiger partial charge < -0.3 is 4.90 Å². The summed E-state index contributed by atoms with van der Waals surface area (Å²) < 4.78 is 0.454. The highest BCUT2D eigenvalue weighted by atomic mass is 79.9. The normalized spacial score (nSPS) is 19.0. The van der Waals surface area contributed by atoms with E-state index in [1.807, 2.05) is 0 Å². The van der Waals surface area contributed by atoms with Crippen LogP contribution in [0.15, 0.2) is 16.6 Å². The van der Waals surface area contributed by atoms with E-state index in [0.29, 0.717) is 22.8 Å². The largest absolute Gasteiger partial charge is 0.305 e. The van der Waals surface area contributed by atoms with Crippen LogP contribution in [0.25, 0.3) is 0 Å². The summed E-state index contributed by atoms with van der Waals surface area (Å²) in [5.41, 5.74) is 0.116. The molecule has 1 unspecified atom stereocenters. The van der Waals surface area contributed by atoms with Crippen molar-refractivity contribution in [1.29, 1.82) is 0 Å². The summed E-state index contributed by atoms with van der Waals surface area (Å²) >= 11 is 12.4. The molecule has 1 aromatic carbocycles. The fraction of sp³-hybridized carbons (Fsp3) is 0.364. The van der Waals surface area contributed by atoms with Crippen LogP contribution in [0.1, 0.15) is 6.42 Å². The number of anilines is 1. The van der Waals surface area contributed by atoms with Crippen molar-refractivity contribution in [1.82, 2.24) is 0 Å². The number of halogens is 3. The molecule has 19 heavy (non-hydrogen) atoms. The van der Waals surface area contributed by atoms with Crippen molar-refractivity contribution in [2.75, 3.05) is 16.8 Å². The SMILES string of the molecule is O=C1CC(CBr)CN1c1c(Br)cc(Cl)cc1[N+](=O)[O-]. The van der Waals surface area contributed by atoms with Gasteiger partial charge in [-0.25, -0.2) is 0 Å². The maximum atomic E-state index is 12.0. The zero-order chi connectivity index (χ0) is 14.2. The Hall–Kier alpha value is -0.660. The summed E-state index contributed by atoms with van der Waals surface area (Å²) in [7, 11) is 0. The van der Waals surface area contributed by atoms with Crippen LogP contribution < -0.4 is 4.90 Å². The number of amides is 1. The number of hydrogen-bond donors (Lipinski definition) is 0. The van der Waals surface area contributed by atoms with Gasteiger partial charge in [0, 0.05) is 33.9 Å². The van der Waals surface area contributed by atoms with E-state index in [1.165, 1.54) is 11.0 Å². The molecule has 2 rings (SSSR count). The van der Waals surface area contributed by atoms with Gasteiger partial charge in [-0.05, 0) is 27.9 Å². The highest BCUT2D eigenvalue weighted by Gasteiger charge is 2.35. The summed E-state index contributed by atoms with van der Waals surface area (Å²) in [5.74, 6) is 0.0465. The number of benzene rings is 1. The lowest BCUT2D eigenvalue weighted by atomic mass is 10.2. The second-order valence-electron chi connectivity index (χ2n) is 4.24. The van der Waals surface area contributed by atoms with Crippen LogP contribution in [0.2, 0.25) is 5.02 Å². The molecule has 8 heteroatoms. The number of nitro groups is 1. The first-order valence-corrected chi connectivity index (χ1v) is 7.73. The lowest BCUT2D eigenvalue weighted by Crippen LogP contribution is -2.26. The highest BCUT2D eigenvalue weighted by Crippen LogP contribution is 2.41. The van der Waals surface area contributed by atoms with E-state index in [4.69, 9.17) is 11.6 Å². The molecule has 0 spiro atoms. The lowest BCUT2D eigenvalue weighted by Gasteiger charge is -2.18. The van der Waals surface area contributed by atoms with Gasteiger partial charge in [-0.2, -0.15) is 0 Å². The number of nitro benzene ring substituents is 1. The number of carbonyl (C=O) groups is 1. The van der Waals surface area contributed by atoms with E-state index in [9.17, 15) is 14.9 Å². The second kappa shape index (κ2) is 5.76. The summed E-state index contributed by atoms with van der Waals surface area (Å²) in [4.78, 5) is 24.0. The molecular weight excluding hydrogens is 403 g/mol. The fourth-order valence-corrected chi connectivity index (χ4v) is 3.50. The molecule has 1 aliphatic heterocycles. The van der Waals surface area contributed by atoms with Crippen LogP contribution in [0.4, 0.5) is 11.4 Å². The van der Waals surface area contributed by atoms with Crippen molar-refractivity contribution in [2.24, 2.45) is 5.92 Å². The number of alkyl halides is 1. The molecular formula is C11H9Br2ClN2O3. The van der Waals surface area contributed by atoms with Crippen LogP contribution in [0.5, 0.6) is 0 Å². The number of carbonyl (C=O) groups excluding carboxylic acids is 1. The first-order chi connectivity index (χ1) is 8.93. The highest BCUT2D eigenvalue weighted by molar-refractivity contribution is 9.10. The van der Waals surface area contributed by atoms with Crippen LogP contribution in [0.3, 0.4) is 0 Å². The van der Waals surface area contributed by atoms with Gasteiger partial charge >= 0.3 is 0 Å². The number of nitrogens with zero attached hydrogens (tertiary/aromatic N) is 2. The molecule has 1 heterocycles. The van der Waals surface area contributed by atoms with Crippen molar-refractivity contribution >= 4 is 60.7 Å². The molecule has 102 valence electrons. The third kappa shape index (κ3) is 2.93. The number of rotatable bonds is 3. The number of hydrogen-bond acceptors (Lipinski definition) is 3. The second-order valence-corrected chi connectivity index (χ2v) is 6.18. The van der Waals surface area contributed by atoms with Gasteiger partial charge in [-0.3, -0.25) is 14.9 Å². The Bertz CT molecular complexity index is 553. The molecule has 1 amide bonds. The first kappa shape index (κ1) is 14.7. The monoisotopic (exact) mass is 410 g/mol. The zero-order valence-corrected chi connectivity index (χ0v) is 13.5. The summed E-state index contributed by atoms with van der Waals surface area (Å²) in [6.07, 6.45) is 0.386. The van der Waals surface area contributed by atoms with Gasteiger partial charge in [-0.15, -0.1) is 0 Å². The molecule has 0 saturated carbocycles. The predicted octanol–water partition coefficient (Wildman–Crippen LogP) is 3.76. The van der Waals surface area contributed by atoms with Gasteiger partial charge in [0.1, 0.15) is 5.69 Å². The van der Waals surface area contributed by atoms with E-state index < -0.39 is 4.92 Å². The average Bonchev–Trinajstić information content (AvgIpc) is 2.69.